The normalized spacial score (nSPS) is 16.1. The number of halogens is 1. The summed E-state index contributed by atoms with van der Waals surface area (Å²) in [5, 5.41) is 17.4. The number of benzene rings is 1. The molecule has 0 atom stereocenters. The minimum Gasteiger partial charge on any atom is -0.395 e. The maximum atomic E-state index is 9.32. The largest absolute Gasteiger partial charge is 0.395 e. The van der Waals surface area contributed by atoms with E-state index in [-0.39, 0.29) is 12.4 Å². The molecule has 0 radical (unpaired) electrons. The number of rotatable bonds is 5. The van der Waals surface area contributed by atoms with Crippen molar-refractivity contribution in [2.24, 2.45) is 5.73 Å². The van der Waals surface area contributed by atoms with Crippen LogP contribution >= 0.6 is 11.6 Å². The monoisotopic (exact) mass is 295 g/mol. The van der Waals surface area contributed by atoms with Gasteiger partial charge in [-0.1, -0.05) is 30.9 Å². The first-order chi connectivity index (χ1) is 9.63. The number of nitrogens with zero attached hydrogens (tertiary/aromatic N) is 1. The molecule has 0 heterocycles. The second-order valence-electron chi connectivity index (χ2n) is 5.29. The lowest BCUT2D eigenvalue weighted by Gasteiger charge is -2.36. The Morgan fingerprint density at radius 3 is 2.60 bits per heavy atom. The van der Waals surface area contributed by atoms with Crippen molar-refractivity contribution in [2.45, 2.75) is 38.1 Å². The molecule has 2 rings (SSSR count). The van der Waals surface area contributed by atoms with Gasteiger partial charge in [0.2, 0.25) is 0 Å². The summed E-state index contributed by atoms with van der Waals surface area (Å²) in [7, 11) is 0. The Morgan fingerprint density at radius 2 is 2.05 bits per heavy atom. The predicted molar refractivity (Wildman–Crippen MR) is 83.8 cm³/mol. The molecule has 1 aliphatic rings. The number of hydrogen-bond donors (Lipinski definition) is 3. The van der Waals surface area contributed by atoms with Gasteiger partial charge < -0.3 is 15.7 Å². The molecule has 1 saturated carbocycles. The third kappa shape index (κ3) is 3.44. The topological polar surface area (TPSA) is 73.3 Å². The van der Waals surface area contributed by atoms with E-state index in [1.165, 1.54) is 19.3 Å². The van der Waals surface area contributed by atoms with Crippen molar-refractivity contribution in [3.8, 4) is 0 Å². The van der Waals surface area contributed by atoms with E-state index in [4.69, 9.17) is 22.7 Å². The molecule has 0 aromatic heterocycles. The lowest BCUT2D eigenvalue weighted by molar-refractivity contribution is 0.290. The maximum absolute atomic E-state index is 9.32. The van der Waals surface area contributed by atoms with Crippen LogP contribution in [0.1, 0.15) is 37.7 Å². The van der Waals surface area contributed by atoms with Crippen molar-refractivity contribution in [2.75, 3.05) is 18.1 Å². The SMILES string of the molecule is N=C(N)c1ccc(N(CCO)C2CCCCC2)c(Cl)c1. The summed E-state index contributed by atoms with van der Waals surface area (Å²) in [5.41, 5.74) is 7.04. The molecule has 1 fully saturated rings. The first-order valence-electron chi connectivity index (χ1n) is 7.15. The first-order valence-corrected chi connectivity index (χ1v) is 7.52. The van der Waals surface area contributed by atoms with Gasteiger partial charge in [-0.3, -0.25) is 5.41 Å². The van der Waals surface area contributed by atoms with E-state index in [0.717, 1.165) is 18.5 Å². The van der Waals surface area contributed by atoms with Gasteiger partial charge in [-0.2, -0.15) is 0 Å². The van der Waals surface area contributed by atoms with Gasteiger partial charge >= 0.3 is 0 Å². The molecule has 4 N–H and O–H groups in total. The van der Waals surface area contributed by atoms with Gasteiger partial charge in [0.1, 0.15) is 5.84 Å². The molecule has 0 bridgehead atoms. The molecule has 1 aliphatic carbocycles. The third-order valence-corrected chi connectivity index (χ3v) is 4.23. The fourth-order valence-corrected chi connectivity index (χ4v) is 3.20. The zero-order chi connectivity index (χ0) is 14.5. The van der Waals surface area contributed by atoms with Crippen LogP contribution in [-0.4, -0.2) is 30.1 Å². The molecule has 0 aliphatic heterocycles. The highest BCUT2D eigenvalue weighted by atomic mass is 35.5. The van der Waals surface area contributed by atoms with Crippen LogP contribution < -0.4 is 10.6 Å². The van der Waals surface area contributed by atoms with Crippen LogP contribution in [0.3, 0.4) is 0 Å². The minimum absolute atomic E-state index is 0.0184. The summed E-state index contributed by atoms with van der Waals surface area (Å²) in [6.45, 7) is 0.699. The average molecular weight is 296 g/mol. The number of hydrogen-bond acceptors (Lipinski definition) is 3. The Bertz CT molecular complexity index is 472. The summed E-state index contributed by atoms with van der Waals surface area (Å²) in [4.78, 5) is 2.20. The summed E-state index contributed by atoms with van der Waals surface area (Å²) in [6, 6.07) is 5.89. The number of nitrogens with two attached hydrogens (primary N) is 1. The second kappa shape index (κ2) is 6.95. The summed E-state index contributed by atoms with van der Waals surface area (Å²) < 4.78 is 0. The molecule has 0 unspecified atom stereocenters. The number of nitrogens with one attached hydrogen (secondary N) is 1. The fraction of sp³-hybridized carbons (Fsp3) is 0.533. The van der Waals surface area contributed by atoms with Crippen LogP contribution in [0.2, 0.25) is 5.02 Å². The standard InChI is InChI=1S/C15H22ClN3O/c16-13-10-11(15(17)18)6-7-14(13)19(8-9-20)12-4-2-1-3-5-12/h6-7,10,12,20H,1-5,8-9H2,(H3,17,18). The van der Waals surface area contributed by atoms with Crippen molar-refractivity contribution in [1.82, 2.24) is 0 Å². The Morgan fingerprint density at radius 1 is 1.35 bits per heavy atom. The lowest BCUT2D eigenvalue weighted by Crippen LogP contribution is -2.39. The van der Waals surface area contributed by atoms with Crippen molar-refractivity contribution in [1.29, 1.82) is 5.41 Å². The van der Waals surface area contributed by atoms with E-state index < -0.39 is 0 Å². The quantitative estimate of drug-likeness (QED) is 0.578. The highest BCUT2D eigenvalue weighted by Gasteiger charge is 2.22. The number of nitrogen functional groups attached to an aromatic ring is 1. The van der Waals surface area contributed by atoms with E-state index in [1.807, 2.05) is 12.1 Å². The summed E-state index contributed by atoms with van der Waals surface area (Å²) >= 11 is 6.35. The molecule has 0 spiro atoms. The molecule has 110 valence electrons. The van der Waals surface area contributed by atoms with E-state index in [2.05, 4.69) is 4.90 Å². The Kier molecular flexibility index (Phi) is 5.26. The van der Waals surface area contributed by atoms with Crippen molar-refractivity contribution < 1.29 is 5.11 Å². The highest BCUT2D eigenvalue weighted by Crippen LogP contribution is 2.32. The van der Waals surface area contributed by atoms with E-state index in [1.54, 1.807) is 6.07 Å². The van der Waals surface area contributed by atoms with Gasteiger partial charge in [-0.05, 0) is 31.0 Å². The Labute approximate surface area is 125 Å². The van der Waals surface area contributed by atoms with Crippen molar-refractivity contribution >= 4 is 23.1 Å². The molecule has 0 saturated heterocycles. The molecule has 0 amide bonds. The average Bonchev–Trinajstić information content (AvgIpc) is 2.46. The van der Waals surface area contributed by atoms with Crippen molar-refractivity contribution in [3.63, 3.8) is 0 Å². The fourth-order valence-electron chi connectivity index (χ4n) is 2.91. The molecule has 20 heavy (non-hydrogen) atoms. The van der Waals surface area contributed by atoms with E-state index in [9.17, 15) is 5.11 Å². The molecule has 4 nitrogen and oxygen atoms in total. The van der Waals surface area contributed by atoms with Crippen LogP contribution in [0.15, 0.2) is 18.2 Å². The van der Waals surface area contributed by atoms with Gasteiger partial charge in [-0.15, -0.1) is 0 Å². The van der Waals surface area contributed by atoms with Gasteiger partial charge in [0.05, 0.1) is 17.3 Å². The second-order valence-corrected chi connectivity index (χ2v) is 5.70. The molecular formula is C15H22ClN3O. The zero-order valence-electron chi connectivity index (χ0n) is 11.6. The van der Waals surface area contributed by atoms with E-state index in [0.29, 0.717) is 23.2 Å². The number of aliphatic hydroxyl groups excluding tert-OH is 1. The summed E-state index contributed by atoms with van der Waals surface area (Å²) in [6.07, 6.45) is 6.04. The van der Waals surface area contributed by atoms with Crippen molar-refractivity contribution in [3.05, 3.63) is 28.8 Å². The van der Waals surface area contributed by atoms with Crippen LogP contribution in [-0.2, 0) is 0 Å². The number of aliphatic hydroxyl groups is 1. The molecule has 1 aromatic carbocycles. The van der Waals surface area contributed by atoms with Crippen LogP contribution in [0.5, 0.6) is 0 Å². The van der Waals surface area contributed by atoms with Gasteiger partial charge in [0.15, 0.2) is 0 Å². The molecule has 5 heteroatoms. The molecular weight excluding hydrogens is 274 g/mol. The van der Waals surface area contributed by atoms with Crippen LogP contribution in [0.25, 0.3) is 0 Å². The highest BCUT2D eigenvalue weighted by molar-refractivity contribution is 6.33. The smallest absolute Gasteiger partial charge is 0.122 e. The Balaban J connectivity index is 2.26. The Hall–Kier alpha value is -1.26. The van der Waals surface area contributed by atoms with Crippen LogP contribution in [0, 0.1) is 5.41 Å². The first kappa shape index (κ1) is 15.1. The van der Waals surface area contributed by atoms with Crippen LogP contribution in [0.4, 0.5) is 5.69 Å². The zero-order valence-corrected chi connectivity index (χ0v) is 12.4. The molecule has 1 aromatic rings. The van der Waals surface area contributed by atoms with Gasteiger partial charge in [-0.25, -0.2) is 0 Å². The predicted octanol–water partition coefficient (Wildman–Crippen LogP) is 2.76. The number of anilines is 1. The lowest BCUT2D eigenvalue weighted by atomic mass is 9.93. The third-order valence-electron chi connectivity index (χ3n) is 3.92. The van der Waals surface area contributed by atoms with E-state index >= 15 is 0 Å². The van der Waals surface area contributed by atoms with Gasteiger partial charge in [0, 0.05) is 18.2 Å². The maximum Gasteiger partial charge on any atom is 0.122 e. The number of amidine groups is 1. The summed E-state index contributed by atoms with van der Waals surface area (Å²) in [5.74, 6) is 0.0184. The minimum atomic E-state index is 0.0184. The van der Waals surface area contributed by atoms with Gasteiger partial charge in [0.25, 0.3) is 0 Å².